The molecule has 0 unspecified atom stereocenters. The number of allylic oxidation sites excluding steroid dienone is 6. The number of halogens is 1. The summed E-state index contributed by atoms with van der Waals surface area (Å²) in [7, 11) is 1.75. The third-order valence-electron chi connectivity index (χ3n) is 5.00. The zero-order chi connectivity index (χ0) is 20.1. The maximum atomic E-state index is 13.9. The zero-order valence-electron chi connectivity index (χ0n) is 17.3. The van der Waals surface area contributed by atoms with Crippen molar-refractivity contribution >= 4 is 16.5 Å². The van der Waals surface area contributed by atoms with Gasteiger partial charge >= 0.3 is 0 Å². The summed E-state index contributed by atoms with van der Waals surface area (Å²) in [4.78, 5) is 13.2. The van der Waals surface area contributed by atoms with Crippen LogP contribution in [0.5, 0.6) is 0 Å². The molecule has 0 aliphatic rings. The first-order valence-electron chi connectivity index (χ1n) is 9.65. The third kappa shape index (κ3) is 4.47. The van der Waals surface area contributed by atoms with Gasteiger partial charge in [-0.3, -0.25) is 4.79 Å². The summed E-state index contributed by atoms with van der Waals surface area (Å²) in [5, 5.41) is 0.775. The molecule has 0 fully saturated rings. The van der Waals surface area contributed by atoms with Gasteiger partial charge in [0.05, 0.1) is 11.1 Å². The van der Waals surface area contributed by atoms with Crippen molar-refractivity contribution in [2.24, 2.45) is 7.05 Å². The van der Waals surface area contributed by atoms with Gasteiger partial charge in [0, 0.05) is 12.4 Å². The van der Waals surface area contributed by atoms with Crippen LogP contribution in [0.25, 0.3) is 16.5 Å². The van der Waals surface area contributed by atoms with E-state index in [0.29, 0.717) is 5.56 Å². The maximum absolute atomic E-state index is 13.9. The number of aryl methyl sites for hydroxylation is 2. The smallest absolute Gasteiger partial charge is 0.258 e. The van der Waals surface area contributed by atoms with Gasteiger partial charge in [-0.25, -0.2) is 4.39 Å². The second-order valence-corrected chi connectivity index (χ2v) is 7.16. The van der Waals surface area contributed by atoms with Crippen LogP contribution in [-0.2, 0) is 7.05 Å². The lowest BCUT2D eigenvalue weighted by Crippen LogP contribution is -2.23. The Morgan fingerprint density at radius 1 is 1.19 bits per heavy atom. The molecule has 1 heterocycles. The van der Waals surface area contributed by atoms with Crippen molar-refractivity contribution < 1.29 is 4.39 Å². The molecule has 0 saturated heterocycles. The number of hydrogen-bond acceptors (Lipinski definition) is 1. The molecule has 2 nitrogen and oxygen atoms in total. The molecule has 0 N–H and O–H groups in total. The highest BCUT2D eigenvalue weighted by molar-refractivity contribution is 5.90. The summed E-state index contributed by atoms with van der Waals surface area (Å²) in [5.74, 6) is -0.291. The molecule has 0 aliphatic carbocycles. The average Bonchev–Trinajstić information content (AvgIpc) is 2.62. The van der Waals surface area contributed by atoms with E-state index in [0.717, 1.165) is 46.9 Å². The van der Waals surface area contributed by atoms with E-state index >= 15 is 0 Å². The summed E-state index contributed by atoms with van der Waals surface area (Å²) < 4.78 is 15.5. The molecule has 0 aliphatic heterocycles. The first kappa shape index (κ1) is 20.9. The van der Waals surface area contributed by atoms with E-state index in [4.69, 9.17) is 0 Å². The Bertz CT molecular complexity index is 990. The topological polar surface area (TPSA) is 22.0 Å². The lowest BCUT2D eigenvalue weighted by Gasteiger charge is -2.16. The second kappa shape index (κ2) is 8.98. The molecule has 0 atom stereocenters. The minimum Gasteiger partial charge on any atom is -0.311 e. The lowest BCUT2D eigenvalue weighted by atomic mass is 9.92. The van der Waals surface area contributed by atoms with Crippen molar-refractivity contribution in [3.8, 4) is 0 Å². The standard InChI is InChI=1S/C24H30FNO/c1-7-9-16(3)11-13-20(17(4)10-8-2)23-18(5)21-15-19(25)12-14-22(21)26(6)24(23)27/h10-15H,7-9H2,1-6H3/b16-11-,17-10-,20-13+. The Labute approximate surface area is 161 Å². The van der Waals surface area contributed by atoms with E-state index in [9.17, 15) is 9.18 Å². The van der Waals surface area contributed by atoms with Gasteiger partial charge in [-0.2, -0.15) is 0 Å². The van der Waals surface area contributed by atoms with Crippen LogP contribution < -0.4 is 5.56 Å². The van der Waals surface area contributed by atoms with Crippen molar-refractivity contribution in [1.82, 2.24) is 4.57 Å². The highest BCUT2D eigenvalue weighted by atomic mass is 19.1. The fraction of sp³-hybridized carbons (Fsp3) is 0.375. The second-order valence-electron chi connectivity index (χ2n) is 7.16. The lowest BCUT2D eigenvalue weighted by molar-refractivity contribution is 0.629. The largest absolute Gasteiger partial charge is 0.311 e. The van der Waals surface area contributed by atoms with E-state index in [2.05, 4.69) is 32.9 Å². The van der Waals surface area contributed by atoms with Crippen LogP contribution in [0.1, 0.15) is 58.1 Å². The molecule has 0 bridgehead atoms. The van der Waals surface area contributed by atoms with Gasteiger partial charge < -0.3 is 4.57 Å². The molecule has 1 aromatic heterocycles. The predicted octanol–water partition coefficient (Wildman–Crippen LogP) is 6.47. The van der Waals surface area contributed by atoms with Crippen LogP contribution in [0, 0.1) is 12.7 Å². The van der Waals surface area contributed by atoms with Gasteiger partial charge in [0.1, 0.15) is 5.82 Å². The average molecular weight is 368 g/mol. The van der Waals surface area contributed by atoms with Crippen LogP contribution >= 0.6 is 0 Å². The molecule has 0 spiro atoms. The third-order valence-corrected chi connectivity index (χ3v) is 5.00. The summed E-state index contributed by atoms with van der Waals surface area (Å²) in [6, 6.07) is 4.59. The summed E-state index contributed by atoms with van der Waals surface area (Å²) in [6.07, 6.45) is 9.28. The molecule has 27 heavy (non-hydrogen) atoms. The Kier molecular flexibility index (Phi) is 6.95. The SMILES string of the molecule is CC\C=C(C)/C(=C\C=C(\C)CCC)c1c(C)c2cc(F)ccc2n(C)c1=O. The summed E-state index contributed by atoms with van der Waals surface area (Å²) in [5.41, 5.74) is 5.42. The molecule has 144 valence electrons. The highest BCUT2D eigenvalue weighted by Gasteiger charge is 2.17. The molecule has 3 heteroatoms. The first-order chi connectivity index (χ1) is 12.8. The van der Waals surface area contributed by atoms with E-state index in [1.165, 1.54) is 17.7 Å². The maximum Gasteiger partial charge on any atom is 0.258 e. The van der Waals surface area contributed by atoms with Crippen LogP contribution in [0.15, 0.2) is 52.4 Å². The number of nitrogens with zero attached hydrogens (tertiary/aromatic N) is 1. The van der Waals surface area contributed by atoms with E-state index in [1.807, 2.05) is 19.9 Å². The van der Waals surface area contributed by atoms with Crippen LogP contribution in [0.4, 0.5) is 4.39 Å². The fourth-order valence-corrected chi connectivity index (χ4v) is 3.52. The van der Waals surface area contributed by atoms with E-state index in [-0.39, 0.29) is 11.4 Å². The summed E-state index contributed by atoms with van der Waals surface area (Å²) in [6.45, 7) is 10.3. The van der Waals surface area contributed by atoms with E-state index < -0.39 is 0 Å². The van der Waals surface area contributed by atoms with Gasteiger partial charge in [0.15, 0.2) is 0 Å². The van der Waals surface area contributed by atoms with Crippen molar-refractivity contribution in [3.05, 3.63) is 74.9 Å². The predicted molar refractivity (Wildman–Crippen MR) is 115 cm³/mol. The molecular weight excluding hydrogens is 337 g/mol. The van der Waals surface area contributed by atoms with Gasteiger partial charge in [0.2, 0.25) is 0 Å². The minimum atomic E-state index is -0.291. The monoisotopic (exact) mass is 367 g/mol. The van der Waals surface area contributed by atoms with Crippen molar-refractivity contribution in [2.45, 2.75) is 53.9 Å². The molecule has 2 rings (SSSR count). The number of aromatic nitrogens is 1. The van der Waals surface area contributed by atoms with Crippen molar-refractivity contribution in [1.29, 1.82) is 0 Å². The van der Waals surface area contributed by atoms with Crippen LogP contribution in [0.2, 0.25) is 0 Å². The Hall–Kier alpha value is -2.42. The van der Waals surface area contributed by atoms with Crippen LogP contribution in [0.3, 0.4) is 0 Å². The summed E-state index contributed by atoms with van der Waals surface area (Å²) >= 11 is 0. The number of benzene rings is 1. The molecule has 2 aromatic rings. The van der Waals surface area contributed by atoms with Gasteiger partial charge in [-0.05, 0) is 68.5 Å². The number of hydrogen-bond donors (Lipinski definition) is 0. The van der Waals surface area contributed by atoms with Gasteiger partial charge in [-0.1, -0.05) is 44.1 Å². The normalized spacial score (nSPS) is 13.5. The Morgan fingerprint density at radius 2 is 1.89 bits per heavy atom. The molecule has 0 saturated carbocycles. The van der Waals surface area contributed by atoms with Gasteiger partial charge in [0.25, 0.3) is 5.56 Å². The van der Waals surface area contributed by atoms with Gasteiger partial charge in [-0.15, -0.1) is 0 Å². The Balaban J connectivity index is 2.85. The first-order valence-corrected chi connectivity index (χ1v) is 9.65. The zero-order valence-corrected chi connectivity index (χ0v) is 17.3. The highest BCUT2D eigenvalue weighted by Crippen LogP contribution is 2.29. The Morgan fingerprint density at radius 3 is 2.52 bits per heavy atom. The van der Waals surface area contributed by atoms with Crippen molar-refractivity contribution in [3.63, 3.8) is 0 Å². The molecule has 1 aromatic carbocycles. The minimum absolute atomic E-state index is 0.0525. The van der Waals surface area contributed by atoms with Crippen molar-refractivity contribution in [2.75, 3.05) is 0 Å². The van der Waals surface area contributed by atoms with Crippen LogP contribution in [-0.4, -0.2) is 4.57 Å². The van der Waals surface area contributed by atoms with E-state index in [1.54, 1.807) is 17.7 Å². The number of pyridine rings is 1. The number of rotatable bonds is 6. The molecule has 0 radical (unpaired) electrons. The quantitative estimate of drug-likeness (QED) is 0.536. The number of fused-ring (bicyclic) bond motifs is 1. The fourth-order valence-electron chi connectivity index (χ4n) is 3.52. The molecular formula is C24H30FNO. The molecule has 0 amide bonds.